The molecule has 4 heterocycles. The predicted octanol–water partition coefficient (Wildman–Crippen LogP) is 13.5. The van der Waals surface area contributed by atoms with Crippen molar-refractivity contribution >= 4 is 62.5 Å². The highest BCUT2D eigenvalue weighted by atomic mass is 16.3. The molecule has 2 atom stereocenters. The number of hydrogen-bond acceptors (Lipinski definition) is 3. The molecular weight excluding hydrogens is 715 g/mol. The molecule has 8 aromatic rings. The minimum absolute atomic E-state index is 0.00332. The van der Waals surface area contributed by atoms with E-state index in [1.54, 1.807) is 0 Å². The zero-order valence-corrected chi connectivity index (χ0v) is 35.0. The number of anilines is 4. The van der Waals surface area contributed by atoms with Gasteiger partial charge >= 0.3 is 6.85 Å². The van der Waals surface area contributed by atoms with Crippen LogP contribution in [0.1, 0.15) is 77.0 Å². The van der Waals surface area contributed by atoms with Gasteiger partial charge in [-0.1, -0.05) is 138 Å². The zero-order chi connectivity index (χ0) is 40.0. The second-order valence-electron chi connectivity index (χ2n) is 19.3. The monoisotopic (exact) mass is 764 g/mol. The van der Waals surface area contributed by atoms with Crippen LogP contribution in [0.2, 0.25) is 0 Å². The first-order valence-corrected chi connectivity index (χ1v) is 21.7. The molecule has 0 saturated heterocycles. The normalized spacial score (nSPS) is 20.1. The van der Waals surface area contributed by atoms with Gasteiger partial charge in [0.05, 0.1) is 5.54 Å². The zero-order valence-electron chi connectivity index (χ0n) is 35.0. The topological polar surface area (TPSA) is 19.6 Å². The van der Waals surface area contributed by atoms with Crippen molar-refractivity contribution in [2.45, 2.75) is 83.6 Å². The highest BCUT2D eigenvalue weighted by molar-refractivity contribution is 6.93. The second-order valence-corrected chi connectivity index (χ2v) is 19.3. The van der Waals surface area contributed by atoms with Crippen LogP contribution >= 0.6 is 0 Å². The maximum Gasteiger partial charge on any atom is 0.333 e. The number of furan rings is 1. The Labute approximate surface area is 348 Å². The Morgan fingerprint density at radius 1 is 0.627 bits per heavy atom. The lowest BCUT2D eigenvalue weighted by Crippen LogP contribution is -2.64. The van der Waals surface area contributed by atoms with Crippen molar-refractivity contribution < 1.29 is 4.42 Å². The number of rotatable bonds is 3. The quantitative estimate of drug-likeness (QED) is 0.167. The summed E-state index contributed by atoms with van der Waals surface area (Å²) in [5, 5.41) is 2.32. The van der Waals surface area contributed by atoms with Crippen molar-refractivity contribution in [1.82, 2.24) is 0 Å². The number of benzene rings is 7. The Bertz CT molecular complexity index is 3050. The van der Waals surface area contributed by atoms with Gasteiger partial charge in [0.2, 0.25) is 0 Å². The summed E-state index contributed by atoms with van der Waals surface area (Å²) in [5.74, 6) is 0. The molecule has 0 N–H and O–H groups in total. The van der Waals surface area contributed by atoms with Crippen LogP contribution in [-0.2, 0) is 10.8 Å². The minimum atomic E-state index is -0.0867. The van der Waals surface area contributed by atoms with Gasteiger partial charge in [-0.05, 0) is 130 Å². The van der Waals surface area contributed by atoms with Crippen LogP contribution in [0.15, 0.2) is 144 Å². The Hall–Kier alpha value is -6.00. The van der Waals surface area contributed by atoms with Gasteiger partial charge in [0.1, 0.15) is 11.2 Å². The van der Waals surface area contributed by atoms with Crippen LogP contribution in [0.4, 0.5) is 22.7 Å². The molecule has 2 unspecified atom stereocenters. The van der Waals surface area contributed by atoms with E-state index >= 15 is 0 Å². The van der Waals surface area contributed by atoms with E-state index in [1.807, 2.05) is 0 Å². The van der Waals surface area contributed by atoms with Gasteiger partial charge in [-0.3, -0.25) is 0 Å². The summed E-state index contributed by atoms with van der Waals surface area (Å²) in [6.45, 7) is 14.6. The lowest BCUT2D eigenvalue weighted by molar-refractivity contribution is 0.195. The van der Waals surface area contributed by atoms with Crippen molar-refractivity contribution in [1.29, 1.82) is 0 Å². The summed E-state index contributed by atoms with van der Waals surface area (Å²) in [4.78, 5) is 5.56. The fourth-order valence-electron chi connectivity index (χ4n) is 11.8. The Balaban J connectivity index is 1.25. The van der Waals surface area contributed by atoms with Crippen molar-refractivity contribution in [3.8, 4) is 33.4 Å². The summed E-state index contributed by atoms with van der Waals surface area (Å²) in [7, 11) is 0. The van der Waals surface area contributed by atoms with E-state index in [0.29, 0.717) is 0 Å². The number of para-hydroxylation sites is 1. The van der Waals surface area contributed by atoms with Crippen LogP contribution in [0.3, 0.4) is 0 Å². The minimum Gasteiger partial charge on any atom is -0.455 e. The highest BCUT2D eigenvalue weighted by Crippen LogP contribution is 2.63. The molecule has 7 aromatic carbocycles. The van der Waals surface area contributed by atoms with E-state index in [9.17, 15) is 0 Å². The Kier molecular flexibility index (Phi) is 7.14. The third kappa shape index (κ3) is 4.66. The van der Waals surface area contributed by atoms with E-state index in [4.69, 9.17) is 4.42 Å². The summed E-state index contributed by atoms with van der Waals surface area (Å²) >= 11 is 0. The fraction of sp³-hybridized carbons (Fsp3) is 0.236. The summed E-state index contributed by atoms with van der Waals surface area (Å²) < 4.78 is 7.05. The van der Waals surface area contributed by atoms with Gasteiger partial charge in [-0.15, -0.1) is 0 Å². The summed E-state index contributed by atoms with van der Waals surface area (Å²) in [5.41, 5.74) is 21.4. The van der Waals surface area contributed by atoms with E-state index in [1.165, 1.54) is 103 Å². The van der Waals surface area contributed by atoms with Crippen LogP contribution in [-0.4, -0.2) is 12.4 Å². The number of fused-ring (bicyclic) bond motifs is 11. The molecule has 0 spiro atoms. The van der Waals surface area contributed by atoms with Crippen molar-refractivity contribution in [2.75, 3.05) is 9.71 Å². The highest BCUT2D eigenvalue weighted by Gasteiger charge is 2.62. The maximum atomic E-state index is 7.05. The third-order valence-electron chi connectivity index (χ3n) is 15.0. The first kappa shape index (κ1) is 35.0. The molecule has 0 bridgehead atoms. The number of hydrogen-bond donors (Lipinski definition) is 0. The molecule has 288 valence electrons. The van der Waals surface area contributed by atoms with E-state index in [0.717, 1.165) is 28.4 Å². The Morgan fingerprint density at radius 3 is 2.07 bits per heavy atom. The molecule has 1 aromatic heterocycles. The maximum absolute atomic E-state index is 7.05. The van der Waals surface area contributed by atoms with Crippen molar-refractivity contribution in [2.24, 2.45) is 0 Å². The largest absolute Gasteiger partial charge is 0.455 e. The fourth-order valence-corrected chi connectivity index (χ4v) is 11.8. The molecule has 1 aliphatic carbocycles. The van der Waals surface area contributed by atoms with Gasteiger partial charge in [-0.2, -0.15) is 0 Å². The van der Waals surface area contributed by atoms with Gasteiger partial charge in [0.25, 0.3) is 0 Å². The first-order chi connectivity index (χ1) is 28.5. The van der Waals surface area contributed by atoms with Gasteiger partial charge in [0.15, 0.2) is 0 Å². The number of aryl methyl sites for hydroxylation is 1. The SMILES string of the molecule is Cc1cc(-c2ccccc2)ccc1N1B2c3cc(C(C)(C)C)cc4c3N(c3cc(-c5ccccc5)cc(c32)-c2c1ccc1c2oc2ccccc21)C1(C)CCCCC41C. The van der Waals surface area contributed by atoms with Crippen molar-refractivity contribution in [3.05, 3.63) is 156 Å². The van der Waals surface area contributed by atoms with Gasteiger partial charge in [0, 0.05) is 44.5 Å². The smallest absolute Gasteiger partial charge is 0.333 e. The standard InChI is InChI=1S/C55H49BN2O/c1-34-29-37(35-17-9-7-10-18-35)23-25-45(34)58-46-26-24-41-40-21-13-14-22-48(40)59-52(41)49(46)42-30-38(36-19-11-8-12-20-36)31-47-50(42)56(58)44-33-39(53(2,3)4)32-43-51(44)57(47)55(6)28-16-15-27-54(43,55)5/h7-14,17-26,29-33H,15-16,27-28H2,1-6H3. The van der Waals surface area contributed by atoms with E-state index in [-0.39, 0.29) is 23.2 Å². The molecule has 59 heavy (non-hydrogen) atoms. The van der Waals surface area contributed by atoms with Crippen molar-refractivity contribution in [3.63, 3.8) is 0 Å². The predicted molar refractivity (Wildman–Crippen MR) is 250 cm³/mol. The average Bonchev–Trinajstić information content (AvgIpc) is 3.73. The van der Waals surface area contributed by atoms with Gasteiger partial charge < -0.3 is 14.1 Å². The lowest BCUT2D eigenvalue weighted by Gasteiger charge is -2.53. The second kappa shape index (κ2) is 12.0. The molecule has 0 radical (unpaired) electrons. The molecule has 0 amide bonds. The van der Waals surface area contributed by atoms with Crippen LogP contribution in [0.25, 0.3) is 55.3 Å². The van der Waals surface area contributed by atoms with Crippen LogP contribution < -0.4 is 20.6 Å². The molecule has 1 fully saturated rings. The summed E-state index contributed by atoms with van der Waals surface area (Å²) in [6.07, 6.45) is 4.85. The lowest BCUT2D eigenvalue weighted by atomic mass is 9.43. The molecule has 4 aliphatic rings. The molecule has 3 nitrogen and oxygen atoms in total. The summed E-state index contributed by atoms with van der Waals surface area (Å²) in [6, 6.07) is 52.4. The Morgan fingerprint density at radius 2 is 1.32 bits per heavy atom. The first-order valence-electron chi connectivity index (χ1n) is 21.7. The van der Waals surface area contributed by atoms with Crippen LogP contribution in [0, 0.1) is 6.92 Å². The molecule has 12 rings (SSSR count). The third-order valence-corrected chi connectivity index (χ3v) is 15.0. The van der Waals surface area contributed by atoms with E-state index < -0.39 is 0 Å². The molecule has 1 saturated carbocycles. The molecular formula is C55H49BN2O. The average molecular weight is 765 g/mol. The van der Waals surface area contributed by atoms with Gasteiger partial charge in [-0.25, -0.2) is 0 Å². The van der Waals surface area contributed by atoms with E-state index in [2.05, 4.69) is 191 Å². The molecule has 3 aliphatic heterocycles. The molecule has 4 heteroatoms. The van der Waals surface area contributed by atoms with Crippen LogP contribution in [0.5, 0.6) is 0 Å². The number of nitrogens with zero attached hydrogens (tertiary/aromatic N) is 2.